The maximum absolute atomic E-state index is 10.5. The van der Waals surface area contributed by atoms with Crippen molar-refractivity contribution in [3.63, 3.8) is 0 Å². The monoisotopic (exact) mass is 245 g/mol. The Hall–Kier alpha value is -0.810. The fourth-order valence-electron chi connectivity index (χ4n) is 0.994. The molecular formula is C7H4BrNO2S. The van der Waals surface area contributed by atoms with Crippen molar-refractivity contribution in [3.8, 4) is 0 Å². The van der Waals surface area contributed by atoms with Gasteiger partial charge in [-0.25, -0.2) is 4.79 Å². The lowest BCUT2D eigenvalue weighted by atomic mass is 10.4. The Bertz CT molecular complexity index is 414. The number of carboxylic acid groups (broad SMARTS) is 1. The van der Waals surface area contributed by atoms with Crippen LogP contribution < -0.4 is 0 Å². The Morgan fingerprint density at radius 2 is 2.33 bits per heavy atom. The first-order valence-electron chi connectivity index (χ1n) is 3.17. The normalized spacial score (nSPS) is 10.8. The molecule has 62 valence electrons. The van der Waals surface area contributed by atoms with Gasteiger partial charge in [0.2, 0.25) is 0 Å². The number of aromatic nitrogens is 1. The second-order valence-corrected chi connectivity index (χ2v) is 4.76. The summed E-state index contributed by atoms with van der Waals surface area (Å²) in [6.45, 7) is 0. The summed E-state index contributed by atoms with van der Waals surface area (Å²) < 4.78 is 2.78. The molecule has 0 aromatic carbocycles. The highest BCUT2D eigenvalue weighted by molar-refractivity contribution is 9.11. The third kappa shape index (κ3) is 1.15. The zero-order valence-corrected chi connectivity index (χ0v) is 8.22. The van der Waals surface area contributed by atoms with E-state index < -0.39 is 5.97 Å². The molecule has 12 heavy (non-hydrogen) atoms. The molecule has 1 N–H and O–H groups in total. The molecule has 0 aliphatic heterocycles. The van der Waals surface area contributed by atoms with Gasteiger partial charge in [-0.3, -0.25) is 0 Å². The molecule has 0 spiro atoms. The van der Waals surface area contributed by atoms with Gasteiger partial charge in [0, 0.05) is 12.4 Å². The van der Waals surface area contributed by atoms with Crippen molar-refractivity contribution in [2.24, 2.45) is 0 Å². The van der Waals surface area contributed by atoms with E-state index >= 15 is 0 Å². The smallest absolute Gasteiger partial charge is 0.337 e. The molecule has 2 aromatic rings. The van der Waals surface area contributed by atoms with Crippen LogP contribution in [0.15, 0.2) is 22.2 Å². The van der Waals surface area contributed by atoms with E-state index in [9.17, 15) is 4.79 Å². The molecule has 5 heteroatoms. The van der Waals surface area contributed by atoms with Gasteiger partial charge >= 0.3 is 5.97 Å². The van der Waals surface area contributed by atoms with Crippen LogP contribution in [0.2, 0.25) is 0 Å². The lowest BCUT2D eigenvalue weighted by Crippen LogP contribution is -1.92. The van der Waals surface area contributed by atoms with E-state index in [2.05, 4.69) is 15.9 Å². The average molecular weight is 246 g/mol. The Morgan fingerprint density at radius 3 is 2.92 bits per heavy atom. The summed E-state index contributed by atoms with van der Waals surface area (Å²) in [7, 11) is 0. The SMILES string of the molecule is O=C(O)c1cc2sc(Br)cn2c1. The largest absolute Gasteiger partial charge is 0.478 e. The molecule has 0 atom stereocenters. The third-order valence-corrected chi connectivity index (χ3v) is 3.03. The average Bonchev–Trinajstić information content (AvgIpc) is 2.42. The van der Waals surface area contributed by atoms with Gasteiger partial charge in [-0.1, -0.05) is 0 Å². The summed E-state index contributed by atoms with van der Waals surface area (Å²) in [5, 5.41) is 8.65. The predicted octanol–water partition coefficient (Wildman–Crippen LogP) is 2.46. The highest BCUT2D eigenvalue weighted by Gasteiger charge is 2.07. The van der Waals surface area contributed by atoms with Crippen molar-refractivity contribution >= 4 is 38.1 Å². The van der Waals surface area contributed by atoms with E-state index in [0.717, 1.165) is 8.62 Å². The van der Waals surface area contributed by atoms with Gasteiger partial charge in [-0.05, 0) is 22.0 Å². The number of fused-ring (bicyclic) bond motifs is 1. The quantitative estimate of drug-likeness (QED) is 0.839. The second-order valence-electron chi connectivity index (χ2n) is 2.31. The van der Waals surface area contributed by atoms with Crippen LogP contribution in [-0.2, 0) is 0 Å². The molecule has 3 nitrogen and oxygen atoms in total. The Balaban J connectivity index is 2.64. The van der Waals surface area contributed by atoms with E-state index in [4.69, 9.17) is 5.11 Å². The number of nitrogens with zero attached hydrogens (tertiary/aromatic N) is 1. The van der Waals surface area contributed by atoms with E-state index in [1.165, 1.54) is 11.3 Å². The highest BCUT2D eigenvalue weighted by Crippen LogP contribution is 2.24. The molecule has 0 saturated carbocycles. The van der Waals surface area contributed by atoms with Crippen LogP contribution in [0.4, 0.5) is 0 Å². The first kappa shape index (κ1) is 7.82. The molecule has 0 bridgehead atoms. The zero-order valence-electron chi connectivity index (χ0n) is 5.82. The maximum atomic E-state index is 10.5. The molecule has 2 aromatic heterocycles. The fraction of sp³-hybridized carbons (Fsp3) is 0. The summed E-state index contributed by atoms with van der Waals surface area (Å²) in [4.78, 5) is 11.5. The van der Waals surface area contributed by atoms with Crippen molar-refractivity contribution in [1.82, 2.24) is 4.40 Å². The summed E-state index contributed by atoms with van der Waals surface area (Å²) in [6, 6.07) is 1.65. The lowest BCUT2D eigenvalue weighted by molar-refractivity contribution is 0.0697. The van der Waals surface area contributed by atoms with Crippen LogP contribution in [0.5, 0.6) is 0 Å². The van der Waals surface area contributed by atoms with Crippen LogP contribution in [0.25, 0.3) is 4.83 Å². The molecule has 0 aliphatic rings. The topological polar surface area (TPSA) is 41.7 Å². The van der Waals surface area contributed by atoms with Crippen molar-refractivity contribution in [2.75, 3.05) is 0 Å². The van der Waals surface area contributed by atoms with E-state index in [1.807, 2.05) is 6.20 Å². The summed E-state index contributed by atoms with van der Waals surface area (Å²) >= 11 is 4.82. The number of aromatic carboxylic acids is 1. The van der Waals surface area contributed by atoms with Crippen molar-refractivity contribution in [3.05, 3.63) is 27.8 Å². The van der Waals surface area contributed by atoms with Crippen molar-refractivity contribution in [2.45, 2.75) is 0 Å². The van der Waals surface area contributed by atoms with E-state index in [0.29, 0.717) is 5.56 Å². The van der Waals surface area contributed by atoms with Crippen LogP contribution in [0.3, 0.4) is 0 Å². The first-order valence-corrected chi connectivity index (χ1v) is 4.78. The predicted molar refractivity (Wildman–Crippen MR) is 49.9 cm³/mol. The molecule has 0 saturated heterocycles. The fourth-order valence-corrected chi connectivity index (χ4v) is 2.47. The number of hydrogen-bond donors (Lipinski definition) is 1. The first-order chi connectivity index (χ1) is 5.66. The van der Waals surface area contributed by atoms with Gasteiger partial charge in [0.25, 0.3) is 0 Å². The minimum Gasteiger partial charge on any atom is -0.478 e. The summed E-state index contributed by atoms with van der Waals surface area (Å²) in [5.41, 5.74) is 0.328. The zero-order chi connectivity index (χ0) is 8.72. The number of thiazole rings is 1. The number of hydrogen-bond acceptors (Lipinski definition) is 2. The highest BCUT2D eigenvalue weighted by atomic mass is 79.9. The van der Waals surface area contributed by atoms with Crippen molar-refractivity contribution in [1.29, 1.82) is 0 Å². The number of rotatable bonds is 1. The number of carbonyl (C=O) groups is 1. The molecule has 0 aliphatic carbocycles. The van der Waals surface area contributed by atoms with Gasteiger partial charge in [-0.15, -0.1) is 11.3 Å². The number of halogens is 1. The molecule has 0 unspecified atom stereocenters. The van der Waals surface area contributed by atoms with Crippen LogP contribution in [0, 0.1) is 0 Å². The summed E-state index contributed by atoms with van der Waals surface area (Å²) in [6.07, 6.45) is 3.44. The maximum Gasteiger partial charge on any atom is 0.337 e. The van der Waals surface area contributed by atoms with Crippen LogP contribution in [-0.4, -0.2) is 15.5 Å². The standard InChI is InChI=1S/C7H4BrNO2S/c8-5-3-9-2-4(7(10)11)1-6(9)12-5/h1-3H,(H,10,11). The van der Waals surface area contributed by atoms with E-state index in [-0.39, 0.29) is 0 Å². The minimum atomic E-state index is -0.887. The lowest BCUT2D eigenvalue weighted by Gasteiger charge is -1.81. The molecular weight excluding hydrogens is 242 g/mol. The Kier molecular flexibility index (Phi) is 1.69. The molecule has 0 fully saturated rings. The van der Waals surface area contributed by atoms with E-state index in [1.54, 1.807) is 16.7 Å². The van der Waals surface area contributed by atoms with Crippen molar-refractivity contribution < 1.29 is 9.90 Å². The van der Waals surface area contributed by atoms with Gasteiger partial charge in [0.1, 0.15) is 4.83 Å². The number of carboxylic acids is 1. The Morgan fingerprint density at radius 1 is 1.58 bits per heavy atom. The molecule has 2 heterocycles. The van der Waals surface area contributed by atoms with Crippen LogP contribution in [0.1, 0.15) is 10.4 Å². The third-order valence-electron chi connectivity index (χ3n) is 1.50. The molecule has 2 rings (SSSR count). The van der Waals surface area contributed by atoms with Gasteiger partial charge in [-0.2, -0.15) is 0 Å². The van der Waals surface area contributed by atoms with Crippen LogP contribution >= 0.6 is 27.3 Å². The molecule has 0 amide bonds. The summed E-state index contributed by atoms with van der Waals surface area (Å²) in [5.74, 6) is -0.887. The molecule has 0 radical (unpaired) electrons. The Labute approximate surface area is 80.4 Å². The van der Waals surface area contributed by atoms with Gasteiger partial charge in [0.15, 0.2) is 0 Å². The van der Waals surface area contributed by atoms with Gasteiger partial charge in [0.05, 0.1) is 9.35 Å². The van der Waals surface area contributed by atoms with Gasteiger partial charge < -0.3 is 9.51 Å². The second kappa shape index (κ2) is 2.60. The minimum absolute atomic E-state index is 0.328.